The topological polar surface area (TPSA) is 72.7 Å². The van der Waals surface area contributed by atoms with Crippen LogP contribution in [0.25, 0.3) is 11.2 Å². The first-order chi connectivity index (χ1) is 11.9. The van der Waals surface area contributed by atoms with Gasteiger partial charge in [0, 0.05) is 17.3 Å². The molecule has 0 aliphatic rings. The Kier molecular flexibility index (Phi) is 5.06. The van der Waals surface area contributed by atoms with Gasteiger partial charge in [-0.15, -0.1) is 0 Å². The Labute approximate surface area is 153 Å². The van der Waals surface area contributed by atoms with Crippen molar-refractivity contribution in [1.29, 1.82) is 0 Å². The molecule has 0 saturated heterocycles. The number of nitrogens with zero attached hydrogens (tertiary/aromatic N) is 3. The highest BCUT2D eigenvalue weighted by Gasteiger charge is 2.19. The molecule has 0 aliphatic carbocycles. The summed E-state index contributed by atoms with van der Waals surface area (Å²) in [6.45, 7) is 4.69. The van der Waals surface area contributed by atoms with Crippen LogP contribution in [0.5, 0.6) is 0 Å². The highest BCUT2D eigenvalue weighted by atomic mass is 35.5. The maximum Gasteiger partial charge on any atom is 0.329 e. The smallest absolute Gasteiger partial charge is 0.309 e. The Morgan fingerprint density at radius 1 is 1.28 bits per heavy atom. The van der Waals surface area contributed by atoms with Crippen LogP contribution in [0.4, 0.5) is 0 Å². The maximum atomic E-state index is 12.4. The predicted molar refractivity (Wildman–Crippen MR) is 102 cm³/mol. The van der Waals surface area contributed by atoms with Crippen LogP contribution in [0.15, 0.2) is 39.0 Å². The normalized spacial score (nSPS) is 12.6. The van der Waals surface area contributed by atoms with Crippen molar-refractivity contribution >= 4 is 34.5 Å². The first kappa shape index (κ1) is 17.8. The second kappa shape index (κ2) is 7.09. The average molecular weight is 379 g/mol. The maximum absolute atomic E-state index is 12.4. The van der Waals surface area contributed by atoms with Crippen molar-refractivity contribution in [3.8, 4) is 0 Å². The lowest BCUT2D eigenvalue weighted by atomic mass is 10.2. The molecule has 3 rings (SSSR count). The molecule has 2 aromatic heterocycles. The van der Waals surface area contributed by atoms with Crippen LogP contribution in [0, 0.1) is 0 Å². The largest absolute Gasteiger partial charge is 0.329 e. The minimum atomic E-state index is -0.464. The first-order valence-electron chi connectivity index (χ1n) is 8.01. The monoisotopic (exact) mass is 378 g/mol. The van der Waals surface area contributed by atoms with E-state index in [-0.39, 0.29) is 0 Å². The SMILES string of the molecule is CC[C@@H](C)Sc1nc2c(c(=O)[nH]c(=O)n2C)n1Cc1ccc(Cl)cc1. The van der Waals surface area contributed by atoms with Crippen molar-refractivity contribution in [3.05, 3.63) is 55.7 Å². The minimum Gasteiger partial charge on any atom is -0.309 e. The number of thioether (sulfide) groups is 1. The van der Waals surface area contributed by atoms with Gasteiger partial charge in [-0.2, -0.15) is 0 Å². The van der Waals surface area contributed by atoms with E-state index in [9.17, 15) is 9.59 Å². The molecule has 0 aliphatic heterocycles. The Morgan fingerprint density at radius 3 is 2.60 bits per heavy atom. The third kappa shape index (κ3) is 3.52. The van der Waals surface area contributed by atoms with Gasteiger partial charge in [-0.05, 0) is 24.1 Å². The number of nitrogens with one attached hydrogen (secondary N) is 1. The molecule has 25 heavy (non-hydrogen) atoms. The highest BCUT2D eigenvalue weighted by molar-refractivity contribution is 7.99. The molecule has 0 spiro atoms. The van der Waals surface area contributed by atoms with Crippen molar-refractivity contribution in [2.75, 3.05) is 0 Å². The molecule has 6 nitrogen and oxygen atoms in total. The van der Waals surface area contributed by atoms with Crippen molar-refractivity contribution in [2.24, 2.45) is 7.05 Å². The fourth-order valence-electron chi connectivity index (χ4n) is 2.49. The number of hydrogen-bond donors (Lipinski definition) is 1. The molecule has 0 radical (unpaired) electrons. The lowest BCUT2D eigenvalue weighted by Crippen LogP contribution is -2.29. The zero-order valence-electron chi connectivity index (χ0n) is 14.2. The molecule has 0 fully saturated rings. The lowest BCUT2D eigenvalue weighted by molar-refractivity contribution is 0.723. The molecule has 0 bridgehead atoms. The summed E-state index contributed by atoms with van der Waals surface area (Å²) in [6.07, 6.45) is 0.976. The van der Waals surface area contributed by atoms with E-state index in [0.29, 0.717) is 28.0 Å². The van der Waals surface area contributed by atoms with E-state index in [1.807, 2.05) is 28.8 Å². The van der Waals surface area contributed by atoms with Gasteiger partial charge in [-0.25, -0.2) is 9.78 Å². The standard InChI is InChI=1S/C17H19ClN4O2S/c1-4-10(2)25-17-19-14-13(15(23)20-16(24)21(14)3)22(17)9-11-5-7-12(18)8-6-11/h5-8,10H,4,9H2,1-3H3,(H,20,23,24)/t10-/m1/s1. The van der Waals surface area contributed by atoms with Gasteiger partial charge in [0.2, 0.25) is 0 Å². The molecule has 8 heteroatoms. The fraction of sp³-hybridized carbons (Fsp3) is 0.353. The van der Waals surface area contributed by atoms with Gasteiger partial charge in [0.25, 0.3) is 5.56 Å². The van der Waals surface area contributed by atoms with E-state index >= 15 is 0 Å². The summed E-state index contributed by atoms with van der Waals surface area (Å²) in [4.78, 5) is 31.2. The van der Waals surface area contributed by atoms with Gasteiger partial charge in [0.15, 0.2) is 16.3 Å². The minimum absolute atomic E-state index is 0.344. The third-order valence-corrected chi connectivity index (χ3v) is 5.62. The number of hydrogen-bond acceptors (Lipinski definition) is 4. The molecule has 132 valence electrons. The second-order valence-corrected chi connectivity index (χ2v) is 7.78. The predicted octanol–water partition coefficient (Wildman–Crippen LogP) is 3.02. The summed E-state index contributed by atoms with van der Waals surface area (Å²) < 4.78 is 3.24. The van der Waals surface area contributed by atoms with Gasteiger partial charge >= 0.3 is 5.69 Å². The molecule has 3 aromatic rings. The van der Waals surface area contributed by atoms with Gasteiger partial charge < -0.3 is 4.57 Å². The Balaban J connectivity index is 2.20. The van der Waals surface area contributed by atoms with Gasteiger partial charge in [0.05, 0.1) is 6.54 Å². The number of fused-ring (bicyclic) bond motifs is 1. The molecule has 2 heterocycles. The molecule has 1 atom stereocenters. The third-order valence-electron chi connectivity index (χ3n) is 4.11. The van der Waals surface area contributed by atoms with Crippen LogP contribution in [-0.4, -0.2) is 24.4 Å². The number of aromatic nitrogens is 4. The number of aromatic amines is 1. The van der Waals surface area contributed by atoms with E-state index in [0.717, 1.165) is 17.1 Å². The lowest BCUT2D eigenvalue weighted by Gasteiger charge is -2.11. The van der Waals surface area contributed by atoms with Gasteiger partial charge in [-0.3, -0.25) is 14.3 Å². The number of rotatable bonds is 5. The first-order valence-corrected chi connectivity index (χ1v) is 9.27. The summed E-state index contributed by atoms with van der Waals surface area (Å²) in [5, 5.41) is 1.73. The zero-order chi connectivity index (χ0) is 18.1. The van der Waals surface area contributed by atoms with Crippen LogP contribution in [0.3, 0.4) is 0 Å². The van der Waals surface area contributed by atoms with E-state index < -0.39 is 11.2 Å². The van der Waals surface area contributed by atoms with E-state index in [2.05, 4.69) is 23.8 Å². The zero-order valence-corrected chi connectivity index (χ0v) is 15.8. The molecule has 1 aromatic carbocycles. The quantitative estimate of drug-likeness (QED) is 0.692. The Bertz CT molecular complexity index is 1020. The number of halogens is 1. The highest BCUT2D eigenvalue weighted by Crippen LogP contribution is 2.27. The van der Waals surface area contributed by atoms with E-state index in [1.54, 1.807) is 18.8 Å². The summed E-state index contributed by atoms with van der Waals surface area (Å²) in [5.41, 5.74) is 0.920. The summed E-state index contributed by atoms with van der Waals surface area (Å²) in [6, 6.07) is 7.47. The van der Waals surface area contributed by atoms with E-state index in [1.165, 1.54) is 4.57 Å². The van der Waals surface area contributed by atoms with Crippen LogP contribution in [0.1, 0.15) is 25.8 Å². The van der Waals surface area contributed by atoms with Gasteiger partial charge in [-0.1, -0.05) is 49.3 Å². The number of benzene rings is 1. The fourth-order valence-corrected chi connectivity index (χ4v) is 3.56. The summed E-state index contributed by atoms with van der Waals surface area (Å²) >= 11 is 7.55. The number of H-pyrrole nitrogens is 1. The van der Waals surface area contributed by atoms with Crippen molar-refractivity contribution in [3.63, 3.8) is 0 Å². The molecular formula is C17H19ClN4O2S. The van der Waals surface area contributed by atoms with Crippen molar-refractivity contribution in [2.45, 2.75) is 37.2 Å². The van der Waals surface area contributed by atoms with Crippen molar-refractivity contribution < 1.29 is 0 Å². The summed E-state index contributed by atoms with van der Waals surface area (Å²) in [5.74, 6) is 0. The number of aryl methyl sites for hydroxylation is 1. The molecule has 0 unspecified atom stereocenters. The van der Waals surface area contributed by atoms with Crippen LogP contribution in [-0.2, 0) is 13.6 Å². The van der Waals surface area contributed by atoms with Crippen molar-refractivity contribution in [1.82, 2.24) is 19.1 Å². The average Bonchev–Trinajstić information content (AvgIpc) is 2.93. The van der Waals surface area contributed by atoms with Gasteiger partial charge in [0.1, 0.15) is 0 Å². The molecule has 0 saturated carbocycles. The molecular weight excluding hydrogens is 360 g/mol. The van der Waals surface area contributed by atoms with E-state index in [4.69, 9.17) is 11.6 Å². The molecule has 1 N–H and O–H groups in total. The second-order valence-electron chi connectivity index (χ2n) is 5.93. The number of imidazole rings is 1. The van der Waals surface area contributed by atoms with Crippen LogP contribution < -0.4 is 11.2 Å². The summed E-state index contributed by atoms with van der Waals surface area (Å²) in [7, 11) is 1.61. The van der Waals surface area contributed by atoms with Crippen LogP contribution >= 0.6 is 23.4 Å². The van der Waals surface area contributed by atoms with Crippen LogP contribution in [0.2, 0.25) is 5.02 Å². The Morgan fingerprint density at radius 2 is 1.96 bits per heavy atom. The Hall–Kier alpha value is -1.99. The molecule has 0 amide bonds.